The van der Waals surface area contributed by atoms with Gasteiger partial charge < -0.3 is 10.2 Å². The molecule has 0 radical (unpaired) electrons. The SMILES string of the molecule is Cc1cnn(CCC(=O)N2CCCCC2CCn2cc(C(=O)NC3CC3)nn2)c1. The maximum absolute atomic E-state index is 12.8. The van der Waals surface area contributed by atoms with Crippen LogP contribution in [-0.4, -0.2) is 60.1 Å². The van der Waals surface area contributed by atoms with Crippen molar-refractivity contribution in [3.63, 3.8) is 0 Å². The highest BCUT2D eigenvalue weighted by Crippen LogP contribution is 2.22. The van der Waals surface area contributed by atoms with E-state index in [1.807, 2.05) is 28.9 Å². The van der Waals surface area contributed by atoms with Gasteiger partial charge in [-0.15, -0.1) is 5.10 Å². The summed E-state index contributed by atoms with van der Waals surface area (Å²) in [5.41, 5.74) is 1.47. The lowest BCUT2D eigenvalue weighted by Crippen LogP contribution is -2.44. The molecule has 29 heavy (non-hydrogen) atoms. The van der Waals surface area contributed by atoms with Crippen LogP contribution in [-0.2, 0) is 17.9 Å². The lowest BCUT2D eigenvalue weighted by molar-refractivity contribution is -0.135. The van der Waals surface area contributed by atoms with Crippen LogP contribution in [0.2, 0.25) is 0 Å². The highest BCUT2D eigenvalue weighted by atomic mass is 16.2. The first-order valence-corrected chi connectivity index (χ1v) is 10.6. The van der Waals surface area contributed by atoms with E-state index in [1.54, 1.807) is 10.9 Å². The second-order valence-corrected chi connectivity index (χ2v) is 8.17. The van der Waals surface area contributed by atoms with Crippen molar-refractivity contribution in [3.05, 3.63) is 29.8 Å². The van der Waals surface area contributed by atoms with Crippen molar-refractivity contribution in [2.45, 2.75) is 77.0 Å². The van der Waals surface area contributed by atoms with Gasteiger partial charge >= 0.3 is 0 Å². The van der Waals surface area contributed by atoms with E-state index in [0.717, 1.165) is 50.6 Å². The molecular formula is C20H29N7O2. The second kappa shape index (κ2) is 8.75. The number of hydrogen-bond donors (Lipinski definition) is 1. The standard InChI is InChI=1S/C20H29N7O2/c1-15-12-21-25(13-15)11-8-19(28)27-9-3-2-4-17(27)7-10-26-14-18(23-24-26)20(29)22-16-5-6-16/h12-14,16-17H,2-11H2,1H3,(H,22,29). The maximum atomic E-state index is 12.8. The molecule has 1 aliphatic heterocycles. The van der Waals surface area contributed by atoms with Crippen molar-refractivity contribution < 1.29 is 9.59 Å². The number of piperidine rings is 1. The molecule has 1 N–H and O–H groups in total. The maximum Gasteiger partial charge on any atom is 0.273 e. The molecule has 1 saturated heterocycles. The predicted octanol–water partition coefficient (Wildman–Crippen LogP) is 1.54. The summed E-state index contributed by atoms with van der Waals surface area (Å²) in [6.07, 6.45) is 12.1. The molecule has 9 nitrogen and oxygen atoms in total. The number of amides is 2. The highest BCUT2D eigenvalue weighted by Gasteiger charge is 2.27. The summed E-state index contributed by atoms with van der Waals surface area (Å²) in [6.45, 7) is 4.07. The van der Waals surface area contributed by atoms with Crippen molar-refractivity contribution in [3.8, 4) is 0 Å². The van der Waals surface area contributed by atoms with Gasteiger partial charge in [-0.3, -0.25) is 19.0 Å². The zero-order valence-corrected chi connectivity index (χ0v) is 17.0. The zero-order chi connectivity index (χ0) is 20.2. The van der Waals surface area contributed by atoms with Crippen molar-refractivity contribution in [1.82, 2.24) is 35.0 Å². The third-order valence-electron chi connectivity index (χ3n) is 5.64. The number of aryl methyl sites for hydroxylation is 3. The minimum atomic E-state index is -0.151. The molecule has 4 rings (SSSR count). The minimum Gasteiger partial charge on any atom is -0.348 e. The average Bonchev–Trinajstić information content (AvgIpc) is 3.24. The Morgan fingerprint density at radius 3 is 2.76 bits per heavy atom. The third-order valence-corrected chi connectivity index (χ3v) is 5.64. The molecule has 2 amide bonds. The van der Waals surface area contributed by atoms with Crippen LogP contribution in [0.3, 0.4) is 0 Å². The summed E-state index contributed by atoms with van der Waals surface area (Å²) in [6, 6.07) is 0.517. The number of likely N-dealkylation sites (tertiary alicyclic amines) is 1. The summed E-state index contributed by atoms with van der Waals surface area (Å²) < 4.78 is 3.54. The van der Waals surface area contributed by atoms with Gasteiger partial charge in [0, 0.05) is 44.3 Å². The van der Waals surface area contributed by atoms with E-state index in [1.165, 1.54) is 0 Å². The monoisotopic (exact) mass is 399 g/mol. The van der Waals surface area contributed by atoms with Crippen LogP contribution in [0.4, 0.5) is 0 Å². The van der Waals surface area contributed by atoms with Gasteiger partial charge in [-0.1, -0.05) is 5.21 Å². The quantitative estimate of drug-likeness (QED) is 0.726. The fourth-order valence-corrected chi connectivity index (χ4v) is 3.85. The first-order valence-electron chi connectivity index (χ1n) is 10.6. The third kappa shape index (κ3) is 5.21. The van der Waals surface area contributed by atoms with Crippen molar-refractivity contribution in [1.29, 1.82) is 0 Å². The first kappa shape index (κ1) is 19.6. The number of carbonyl (C=O) groups excluding carboxylic acids is 2. The summed E-state index contributed by atoms with van der Waals surface area (Å²) in [4.78, 5) is 26.9. The van der Waals surface area contributed by atoms with Gasteiger partial charge in [0.2, 0.25) is 5.91 Å². The smallest absolute Gasteiger partial charge is 0.273 e. The zero-order valence-electron chi connectivity index (χ0n) is 17.0. The number of nitrogens with zero attached hydrogens (tertiary/aromatic N) is 6. The minimum absolute atomic E-state index is 0.151. The Hall–Kier alpha value is -2.71. The molecular weight excluding hydrogens is 370 g/mol. The number of nitrogens with one attached hydrogen (secondary N) is 1. The van der Waals surface area contributed by atoms with E-state index in [2.05, 4.69) is 20.7 Å². The number of aromatic nitrogens is 5. The molecule has 2 fully saturated rings. The molecule has 1 saturated carbocycles. The van der Waals surface area contributed by atoms with E-state index >= 15 is 0 Å². The Bertz CT molecular complexity index is 855. The topological polar surface area (TPSA) is 97.9 Å². The molecule has 0 aromatic carbocycles. The van der Waals surface area contributed by atoms with Crippen LogP contribution in [0.25, 0.3) is 0 Å². The van der Waals surface area contributed by atoms with E-state index in [-0.39, 0.29) is 17.9 Å². The summed E-state index contributed by atoms with van der Waals surface area (Å²) in [7, 11) is 0. The average molecular weight is 399 g/mol. The van der Waals surface area contributed by atoms with Gasteiger partial charge in [0.15, 0.2) is 5.69 Å². The summed E-state index contributed by atoms with van der Waals surface area (Å²) in [5, 5.41) is 15.3. The Balaban J connectivity index is 1.28. The van der Waals surface area contributed by atoms with Gasteiger partial charge in [-0.2, -0.15) is 5.10 Å². The summed E-state index contributed by atoms with van der Waals surface area (Å²) in [5.74, 6) is 0.0352. The van der Waals surface area contributed by atoms with Gasteiger partial charge in [-0.05, 0) is 51.0 Å². The Morgan fingerprint density at radius 2 is 2.00 bits per heavy atom. The van der Waals surface area contributed by atoms with Gasteiger partial charge in [-0.25, -0.2) is 0 Å². The molecule has 1 atom stereocenters. The van der Waals surface area contributed by atoms with Crippen LogP contribution in [0.5, 0.6) is 0 Å². The molecule has 9 heteroatoms. The molecule has 0 spiro atoms. The molecule has 2 aromatic rings. The van der Waals surface area contributed by atoms with Crippen molar-refractivity contribution >= 4 is 11.8 Å². The lowest BCUT2D eigenvalue weighted by atomic mass is 9.99. The van der Waals surface area contributed by atoms with Crippen LogP contribution in [0.1, 0.15) is 61.0 Å². The molecule has 2 aliphatic rings. The van der Waals surface area contributed by atoms with E-state index < -0.39 is 0 Å². The Kier molecular flexibility index (Phi) is 5.92. The van der Waals surface area contributed by atoms with Gasteiger partial charge in [0.25, 0.3) is 5.91 Å². The fourth-order valence-electron chi connectivity index (χ4n) is 3.85. The molecule has 156 valence electrons. The van der Waals surface area contributed by atoms with Gasteiger partial charge in [0.1, 0.15) is 0 Å². The predicted molar refractivity (Wildman–Crippen MR) is 106 cm³/mol. The molecule has 1 unspecified atom stereocenters. The van der Waals surface area contributed by atoms with Gasteiger partial charge in [0.05, 0.1) is 12.4 Å². The van der Waals surface area contributed by atoms with E-state index in [9.17, 15) is 9.59 Å². The molecule has 2 aromatic heterocycles. The Labute approximate surface area is 170 Å². The highest BCUT2D eigenvalue weighted by molar-refractivity contribution is 5.92. The number of rotatable bonds is 8. The first-order chi connectivity index (χ1) is 14.1. The fraction of sp³-hybridized carbons (Fsp3) is 0.650. The molecule has 3 heterocycles. The van der Waals surface area contributed by atoms with Crippen molar-refractivity contribution in [2.75, 3.05) is 6.54 Å². The van der Waals surface area contributed by atoms with E-state index in [0.29, 0.717) is 31.2 Å². The largest absolute Gasteiger partial charge is 0.348 e. The van der Waals surface area contributed by atoms with Crippen LogP contribution in [0, 0.1) is 6.92 Å². The summed E-state index contributed by atoms with van der Waals surface area (Å²) >= 11 is 0. The molecule has 1 aliphatic carbocycles. The number of hydrogen-bond acceptors (Lipinski definition) is 5. The Morgan fingerprint density at radius 1 is 1.14 bits per heavy atom. The normalized spacial score (nSPS) is 19.3. The molecule has 0 bridgehead atoms. The van der Waals surface area contributed by atoms with E-state index in [4.69, 9.17) is 0 Å². The van der Waals surface area contributed by atoms with Crippen LogP contribution in [0.15, 0.2) is 18.6 Å². The van der Waals surface area contributed by atoms with Crippen LogP contribution >= 0.6 is 0 Å². The van der Waals surface area contributed by atoms with Crippen LogP contribution < -0.4 is 5.32 Å². The lowest BCUT2D eigenvalue weighted by Gasteiger charge is -2.36. The second-order valence-electron chi connectivity index (χ2n) is 8.17. The number of carbonyl (C=O) groups is 2. The van der Waals surface area contributed by atoms with Crippen molar-refractivity contribution in [2.24, 2.45) is 0 Å².